The van der Waals surface area contributed by atoms with Gasteiger partial charge in [0.15, 0.2) is 0 Å². The first-order valence-electron chi connectivity index (χ1n) is 14.4. The molecule has 1 saturated heterocycles. The van der Waals surface area contributed by atoms with Gasteiger partial charge in [0, 0.05) is 11.9 Å². The number of halogens is 1. The average Bonchev–Trinajstić information content (AvgIpc) is 3.63. The highest BCUT2D eigenvalue weighted by molar-refractivity contribution is 5.86. The number of hydrogen-bond donors (Lipinski definition) is 1. The number of hydrogen-bond acceptors (Lipinski definition) is 6. The van der Waals surface area contributed by atoms with Gasteiger partial charge in [-0.3, -0.25) is 9.69 Å². The van der Waals surface area contributed by atoms with Gasteiger partial charge in [-0.1, -0.05) is 12.1 Å². The molecule has 1 aromatic heterocycles. The Hall–Kier alpha value is -4.60. The second-order valence-corrected chi connectivity index (χ2v) is 11.7. The van der Waals surface area contributed by atoms with Gasteiger partial charge in [-0.2, -0.15) is 5.10 Å². The summed E-state index contributed by atoms with van der Waals surface area (Å²) in [5.41, 5.74) is 1.73. The fourth-order valence-corrected chi connectivity index (χ4v) is 5.27. The Labute approximate surface area is 250 Å². The van der Waals surface area contributed by atoms with E-state index in [4.69, 9.17) is 14.2 Å². The predicted molar refractivity (Wildman–Crippen MR) is 161 cm³/mol. The molecule has 0 bridgehead atoms. The SMILES string of the molecule is COc1cccc([C@H](Oc2ccc3c(cnn3-c3ccc(F)cc3)c2)[C@H](C)NC(=O)C2CCCN2C(=O)OC(C)(C)C)c1. The second-order valence-electron chi connectivity index (χ2n) is 11.7. The van der Waals surface area contributed by atoms with Crippen molar-refractivity contribution in [1.29, 1.82) is 0 Å². The summed E-state index contributed by atoms with van der Waals surface area (Å²) in [6.45, 7) is 7.75. The highest BCUT2D eigenvalue weighted by Crippen LogP contribution is 2.31. The number of likely N-dealkylation sites (tertiary alicyclic amines) is 1. The molecule has 226 valence electrons. The van der Waals surface area contributed by atoms with Gasteiger partial charge in [0.1, 0.15) is 35.1 Å². The zero-order valence-electron chi connectivity index (χ0n) is 25.0. The smallest absolute Gasteiger partial charge is 0.410 e. The summed E-state index contributed by atoms with van der Waals surface area (Å²) in [5, 5.41) is 8.41. The summed E-state index contributed by atoms with van der Waals surface area (Å²) in [7, 11) is 1.60. The Bertz CT molecular complexity index is 1600. The molecule has 1 aliphatic heterocycles. The molecule has 1 unspecified atom stereocenters. The van der Waals surface area contributed by atoms with E-state index in [-0.39, 0.29) is 11.7 Å². The first-order chi connectivity index (χ1) is 20.5. The lowest BCUT2D eigenvalue weighted by molar-refractivity contribution is -0.126. The number of carbonyl (C=O) groups excluding carboxylic acids is 2. The zero-order chi connectivity index (χ0) is 30.7. The summed E-state index contributed by atoms with van der Waals surface area (Å²) in [4.78, 5) is 27.8. The quantitative estimate of drug-likeness (QED) is 0.264. The van der Waals surface area contributed by atoms with E-state index in [1.807, 2.05) is 49.4 Å². The van der Waals surface area contributed by atoms with Crippen LogP contribution >= 0.6 is 0 Å². The molecule has 43 heavy (non-hydrogen) atoms. The Balaban J connectivity index is 1.38. The molecule has 3 aromatic carbocycles. The third-order valence-corrected chi connectivity index (χ3v) is 7.30. The van der Waals surface area contributed by atoms with Crippen LogP contribution in [0.3, 0.4) is 0 Å². The van der Waals surface area contributed by atoms with Crippen LogP contribution in [0.5, 0.6) is 11.5 Å². The lowest BCUT2D eigenvalue weighted by Gasteiger charge is -2.31. The van der Waals surface area contributed by atoms with Gasteiger partial charge in [-0.25, -0.2) is 13.9 Å². The predicted octanol–water partition coefficient (Wildman–Crippen LogP) is 6.20. The maximum Gasteiger partial charge on any atom is 0.410 e. The van der Waals surface area contributed by atoms with Crippen molar-refractivity contribution in [2.75, 3.05) is 13.7 Å². The largest absolute Gasteiger partial charge is 0.497 e. The molecular formula is C33H37FN4O5. The summed E-state index contributed by atoms with van der Waals surface area (Å²) in [6, 6.07) is 18.2. The monoisotopic (exact) mass is 588 g/mol. The van der Waals surface area contributed by atoms with Gasteiger partial charge < -0.3 is 19.5 Å². The van der Waals surface area contributed by atoms with Crippen molar-refractivity contribution in [2.24, 2.45) is 0 Å². The minimum absolute atomic E-state index is 0.261. The number of carbonyl (C=O) groups is 2. The van der Waals surface area contributed by atoms with Crippen LogP contribution in [0.15, 0.2) is 72.9 Å². The van der Waals surface area contributed by atoms with Crippen LogP contribution in [0.2, 0.25) is 0 Å². The number of ether oxygens (including phenoxy) is 3. The van der Waals surface area contributed by atoms with E-state index in [9.17, 15) is 14.0 Å². The number of fused-ring (bicyclic) bond motifs is 1. The van der Waals surface area contributed by atoms with Crippen LogP contribution in [-0.4, -0.2) is 58.0 Å². The van der Waals surface area contributed by atoms with E-state index in [0.717, 1.165) is 22.2 Å². The Morgan fingerprint density at radius 2 is 1.81 bits per heavy atom. The number of aromatic nitrogens is 2. The van der Waals surface area contributed by atoms with E-state index in [1.165, 1.54) is 17.0 Å². The molecule has 1 aliphatic rings. The normalized spacial score (nSPS) is 16.5. The molecule has 2 heterocycles. The van der Waals surface area contributed by atoms with E-state index in [0.29, 0.717) is 30.9 Å². The van der Waals surface area contributed by atoms with E-state index >= 15 is 0 Å². The van der Waals surface area contributed by atoms with Crippen molar-refractivity contribution in [3.63, 3.8) is 0 Å². The van der Waals surface area contributed by atoms with Gasteiger partial charge in [-0.15, -0.1) is 0 Å². The number of amides is 2. The molecule has 3 atom stereocenters. The van der Waals surface area contributed by atoms with E-state index in [2.05, 4.69) is 10.4 Å². The maximum atomic E-state index is 13.5. The summed E-state index contributed by atoms with van der Waals surface area (Å²) in [5.74, 6) is 0.665. The van der Waals surface area contributed by atoms with Crippen molar-refractivity contribution < 1.29 is 28.2 Å². The number of methoxy groups -OCH3 is 1. The molecule has 10 heteroatoms. The van der Waals surface area contributed by atoms with Crippen LogP contribution in [0.4, 0.5) is 9.18 Å². The van der Waals surface area contributed by atoms with Gasteiger partial charge in [0.05, 0.1) is 30.6 Å². The lowest BCUT2D eigenvalue weighted by atomic mass is 10.0. The van der Waals surface area contributed by atoms with Crippen LogP contribution in [-0.2, 0) is 9.53 Å². The minimum atomic E-state index is -0.657. The highest BCUT2D eigenvalue weighted by Gasteiger charge is 2.38. The number of benzene rings is 3. The van der Waals surface area contributed by atoms with Gasteiger partial charge >= 0.3 is 6.09 Å². The summed E-state index contributed by atoms with van der Waals surface area (Å²) in [6.07, 6.45) is 1.92. The summed E-state index contributed by atoms with van der Waals surface area (Å²) < 4.78 is 32.7. The molecule has 0 spiro atoms. The minimum Gasteiger partial charge on any atom is -0.497 e. The number of nitrogens with one attached hydrogen (secondary N) is 1. The van der Waals surface area contributed by atoms with Crippen LogP contribution in [0.1, 0.15) is 52.2 Å². The zero-order valence-corrected chi connectivity index (χ0v) is 25.0. The highest BCUT2D eigenvalue weighted by atomic mass is 19.1. The van der Waals surface area contributed by atoms with Crippen molar-refractivity contribution >= 4 is 22.9 Å². The second kappa shape index (κ2) is 12.3. The molecule has 2 amide bonds. The molecule has 0 aliphatic carbocycles. The Morgan fingerprint density at radius 1 is 1.05 bits per heavy atom. The van der Waals surface area contributed by atoms with Gasteiger partial charge in [-0.05, 0) is 101 Å². The molecule has 0 radical (unpaired) electrons. The van der Waals surface area contributed by atoms with Crippen molar-refractivity contribution in [3.8, 4) is 17.2 Å². The fourth-order valence-electron chi connectivity index (χ4n) is 5.27. The first kappa shape index (κ1) is 29.9. The summed E-state index contributed by atoms with van der Waals surface area (Å²) >= 11 is 0. The third kappa shape index (κ3) is 6.90. The molecular weight excluding hydrogens is 551 g/mol. The first-order valence-corrected chi connectivity index (χ1v) is 14.4. The van der Waals surface area contributed by atoms with Crippen molar-refractivity contribution in [1.82, 2.24) is 20.0 Å². The maximum absolute atomic E-state index is 13.5. The third-order valence-electron chi connectivity index (χ3n) is 7.30. The Kier molecular flexibility index (Phi) is 8.57. The van der Waals surface area contributed by atoms with Crippen molar-refractivity contribution in [2.45, 2.75) is 64.3 Å². The van der Waals surface area contributed by atoms with E-state index < -0.39 is 29.9 Å². The molecule has 1 fully saturated rings. The molecule has 9 nitrogen and oxygen atoms in total. The van der Waals surface area contributed by atoms with Crippen LogP contribution in [0.25, 0.3) is 16.6 Å². The molecule has 4 aromatic rings. The van der Waals surface area contributed by atoms with Gasteiger partial charge in [0.25, 0.3) is 0 Å². The Morgan fingerprint density at radius 3 is 2.53 bits per heavy atom. The average molecular weight is 589 g/mol. The lowest BCUT2D eigenvalue weighted by Crippen LogP contribution is -2.50. The number of rotatable bonds is 8. The van der Waals surface area contributed by atoms with Crippen LogP contribution in [0, 0.1) is 5.82 Å². The standard InChI is InChI=1S/C33H37FN4O5/c1-21(36-31(39)29-10-7-17-37(29)32(40)43-33(2,3)4)30(22-8-6-9-26(18-22)41-5)42-27-15-16-28-23(19-27)20-35-38(28)25-13-11-24(34)12-14-25/h6,8-9,11-16,18-21,29-30H,7,10,17H2,1-5H3,(H,36,39)/t21-,29?,30+/m0/s1. The molecule has 0 saturated carbocycles. The molecule has 1 N–H and O–H groups in total. The van der Waals surface area contributed by atoms with Crippen molar-refractivity contribution in [3.05, 3.63) is 84.3 Å². The van der Waals surface area contributed by atoms with Gasteiger partial charge in [0.2, 0.25) is 5.91 Å². The topological polar surface area (TPSA) is 94.9 Å². The van der Waals surface area contributed by atoms with E-state index in [1.54, 1.807) is 50.9 Å². The van der Waals surface area contributed by atoms with Crippen LogP contribution < -0.4 is 14.8 Å². The fraction of sp³-hybridized carbons (Fsp3) is 0.364. The molecule has 5 rings (SSSR count). The number of nitrogens with zero attached hydrogens (tertiary/aromatic N) is 3.